The van der Waals surface area contributed by atoms with Crippen LogP contribution in [-0.2, 0) is 6.61 Å². The molecule has 1 saturated carbocycles. The van der Waals surface area contributed by atoms with Crippen molar-refractivity contribution in [2.75, 3.05) is 0 Å². The van der Waals surface area contributed by atoms with Gasteiger partial charge < -0.3 is 9.15 Å². The third kappa shape index (κ3) is 2.48. The molecule has 0 spiro atoms. The molecule has 1 aliphatic rings. The minimum absolute atomic E-state index is 0.164. The Bertz CT molecular complexity index is 683. The van der Waals surface area contributed by atoms with Crippen molar-refractivity contribution in [1.29, 1.82) is 5.26 Å². The summed E-state index contributed by atoms with van der Waals surface area (Å²) in [6, 6.07) is 3.85. The van der Waals surface area contributed by atoms with Gasteiger partial charge in [-0.05, 0) is 26.7 Å². The average Bonchev–Trinajstić information content (AvgIpc) is 3.15. The minimum Gasteiger partial charge on any atom is -0.482 e. The van der Waals surface area contributed by atoms with Gasteiger partial charge in [0.1, 0.15) is 17.4 Å². The third-order valence-corrected chi connectivity index (χ3v) is 3.16. The largest absolute Gasteiger partial charge is 0.482 e. The lowest BCUT2D eigenvalue weighted by atomic mass is 10.2. The summed E-state index contributed by atoms with van der Waals surface area (Å²) in [6.45, 7) is 3.81. The predicted molar refractivity (Wildman–Crippen MR) is 69.0 cm³/mol. The molecule has 2 aromatic heterocycles. The van der Waals surface area contributed by atoms with Gasteiger partial charge >= 0.3 is 0 Å². The number of hydrogen-bond acceptors (Lipinski definition) is 6. The molecule has 0 amide bonds. The molecule has 20 heavy (non-hydrogen) atoms. The zero-order valence-corrected chi connectivity index (χ0v) is 11.4. The Morgan fingerprint density at radius 3 is 2.90 bits per heavy atom. The number of pyridine rings is 1. The van der Waals surface area contributed by atoms with Gasteiger partial charge in [0, 0.05) is 17.7 Å². The maximum Gasteiger partial charge on any atom is 0.253 e. The highest BCUT2D eigenvalue weighted by Gasteiger charge is 2.29. The maximum absolute atomic E-state index is 9.15. The van der Waals surface area contributed by atoms with Gasteiger partial charge in [-0.15, -0.1) is 10.2 Å². The first-order chi connectivity index (χ1) is 9.67. The van der Waals surface area contributed by atoms with Crippen LogP contribution in [0.1, 0.15) is 47.5 Å². The molecular weight excluding hydrogens is 256 g/mol. The van der Waals surface area contributed by atoms with Crippen LogP contribution in [0.25, 0.3) is 0 Å². The van der Waals surface area contributed by atoms with Gasteiger partial charge in [-0.1, -0.05) is 0 Å². The molecule has 0 saturated heterocycles. The fourth-order valence-corrected chi connectivity index (χ4v) is 2.00. The quantitative estimate of drug-likeness (QED) is 0.848. The minimum atomic E-state index is 0.164. The number of aryl methyl sites for hydroxylation is 2. The van der Waals surface area contributed by atoms with E-state index in [1.807, 2.05) is 6.92 Å². The Balaban J connectivity index is 1.75. The molecule has 0 unspecified atom stereocenters. The zero-order valence-electron chi connectivity index (χ0n) is 11.4. The van der Waals surface area contributed by atoms with Crippen molar-refractivity contribution in [2.45, 2.75) is 39.2 Å². The second kappa shape index (κ2) is 4.93. The van der Waals surface area contributed by atoms with E-state index in [-0.39, 0.29) is 6.61 Å². The highest BCUT2D eigenvalue weighted by Crippen LogP contribution is 2.39. The van der Waals surface area contributed by atoms with E-state index in [2.05, 4.69) is 21.3 Å². The van der Waals surface area contributed by atoms with E-state index in [0.717, 1.165) is 18.5 Å². The summed E-state index contributed by atoms with van der Waals surface area (Å²) in [5, 5.41) is 17.1. The van der Waals surface area contributed by atoms with Gasteiger partial charge in [-0.3, -0.25) is 4.98 Å². The lowest BCUT2D eigenvalue weighted by Crippen LogP contribution is -2.01. The Hall–Kier alpha value is -2.42. The van der Waals surface area contributed by atoms with E-state index in [1.165, 1.54) is 0 Å². The van der Waals surface area contributed by atoms with Gasteiger partial charge in [0.05, 0.1) is 5.69 Å². The summed E-state index contributed by atoms with van der Waals surface area (Å²) >= 11 is 0. The highest BCUT2D eigenvalue weighted by molar-refractivity contribution is 5.46. The topological polar surface area (TPSA) is 84.8 Å². The molecule has 1 fully saturated rings. The predicted octanol–water partition coefficient (Wildman–Crippen LogP) is 2.41. The smallest absolute Gasteiger partial charge is 0.253 e. The van der Waals surface area contributed by atoms with Crippen molar-refractivity contribution in [3.8, 4) is 11.8 Å². The summed E-state index contributed by atoms with van der Waals surface area (Å²) in [7, 11) is 0. The van der Waals surface area contributed by atoms with Crippen LogP contribution in [0.2, 0.25) is 0 Å². The van der Waals surface area contributed by atoms with E-state index >= 15 is 0 Å². The van der Waals surface area contributed by atoms with E-state index in [9.17, 15) is 0 Å². The Kier molecular flexibility index (Phi) is 3.11. The van der Waals surface area contributed by atoms with Gasteiger partial charge in [-0.25, -0.2) is 0 Å². The molecule has 1 aliphatic carbocycles. The number of rotatable bonds is 4. The van der Waals surface area contributed by atoms with Crippen LogP contribution in [0.3, 0.4) is 0 Å². The first-order valence-electron chi connectivity index (χ1n) is 6.51. The highest BCUT2D eigenvalue weighted by atomic mass is 16.5. The molecule has 6 heteroatoms. The van der Waals surface area contributed by atoms with Crippen LogP contribution in [-0.4, -0.2) is 15.2 Å². The van der Waals surface area contributed by atoms with Crippen molar-refractivity contribution >= 4 is 0 Å². The second-order valence-electron chi connectivity index (χ2n) is 4.93. The lowest BCUT2D eigenvalue weighted by molar-refractivity contribution is 0.257. The summed E-state index contributed by atoms with van der Waals surface area (Å²) < 4.78 is 11.1. The molecule has 0 aromatic carbocycles. The molecule has 0 radical (unpaired) electrons. The van der Waals surface area contributed by atoms with Crippen LogP contribution < -0.4 is 4.74 Å². The molecule has 2 aromatic rings. The van der Waals surface area contributed by atoms with Crippen molar-refractivity contribution in [3.05, 3.63) is 34.8 Å². The van der Waals surface area contributed by atoms with Gasteiger partial charge in [0.25, 0.3) is 5.89 Å². The van der Waals surface area contributed by atoms with Crippen molar-refractivity contribution in [2.24, 2.45) is 0 Å². The van der Waals surface area contributed by atoms with Gasteiger partial charge in [0.2, 0.25) is 5.89 Å². The van der Waals surface area contributed by atoms with Crippen LogP contribution in [0, 0.1) is 25.2 Å². The summed E-state index contributed by atoms with van der Waals surface area (Å²) in [5.74, 6) is 2.05. The van der Waals surface area contributed by atoms with E-state index in [4.69, 9.17) is 14.4 Å². The fraction of sp³-hybridized carbons (Fsp3) is 0.429. The van der Waals surface area contributed by atoms with Crippen molar-refractivity contribution < 1.29 is 9.15 Å². The fourth-order valence-electron chi connectivity index (χ4n) is 2.00. The van der Waals surface area contributed by atoms with Crippen LogP contribution >= 0.6 is 0 Å². The standard InChI is InChI=1S/C14H14N4O2/c1-8-5-12(11(6-15)9(2)16-8)19-7-13-17-18-14(20-13)10-3-4-10/h5,10H,3-4,7H2,1-2H3. The van der Waals surface area contributed by atoms with E-state index in [1.54, 1.807) is 13.0 Å². The average molecular weight is 270 g/mol. The molecule has 102 valence electrons. The summed E-state index contributed by atoms with van der Waals surface area (Å²) in [4.78, 5) is 4.24. The molecular formula is C14H14N4O2. The van der Waals surface area contributed by atoms with Crippen molar-refractivity contribution in [3.63, 3.8) is 0 Å². The van der Waals surface area contributed by atoms with Crippen LogP contribution in [0.15, 0.2) is 10.5 Å². The van der Waals surface area contributed by atoms with Crippen LogP contribution in [0.5, 0.6) is 5.75 Å². The summed E-state index contributed by atoms with van der Waals surface area (Å²) in [6.07, 6.45) is 2.23. The summed E-state index contributed by atoms with van der Waals surface area (Å²) in [5.41, 5.74) is 1.91. The van der Waals surface area contributed by atoms with Gasteiger partial charge in [-0.2, -0.15) is 5.26 Å². The molecule has 0 bridgehead atoms. The SMILES string of the molecule is Cc1cc(OCc2nnc(C3CC3)o2)c(C#N)c(C)n1. The number of hydrogen-bond donors (Lipinski definition) is 0. The molecule has 2 heterocycles. The molecule has 3 rings (SSSR count). The van der Waals surface area contributed by atoms with Gasteiger partial charge in [0.15, 0.2) is 6.61 Å². The molecule has 0 aliphatic heterocycles. The van der Waals surface area contributed by atoms with E-state index < -0.39 is 0 Å². The molecule has 0 atom stereocenters. The second-order valence-corrected chi connectivity index (χ2v) is 4.93. The number of aromatic nitrogens is 3. The first-order valence-corrected chi connectivity index (χ1v) is 6.51. The number of ether oxygens (including phenoxy) is 1. The van der Waals surface area contributed by atoms with E-state index in [0.29, 0.717) is 34.7 Å². The van der Waals surface area contributed by atoms with Crippen LogP contribution in [0.4, 0.5) is 0 Å². The Labute approximate surface area is 116 Å². The molecule has 0 N–H and O–H groups in total. The number of nitrogens with zero attached hydrogens (tertiary/aromatic N) is 4. The normalized spacial score (nSPS) is 14.1. The Morgan fingerprint density at radius 2 is 2.20 bits per heavy atom. The van der Waals surface area contributed by atoms with Crippen molar-refractivity contribution in [1.82, 2.24) is 15.2 Å². The Morgan fingerprint density at radius 1 is 1.40 bits per heavy atom. The maximum atomic E-state index is 9.15. The third-order valence-electron chi connectivity index (χ3n) is 3.16. The monoisotopic (exact) mass is 270 g/mol. The first kappa shape index (κ1) is 12.6. The number of nitriles is 1. The zero-order chi connectivity index (χ0) is 14.1. The molecule has 6 nitrogen and oxygen atoms in total. The lowest BCUT2D eigenvalue weighted by Gasteiger charge is -2.08.